The van der Waals surface area contributed by atoms with Crippen molar-refractivity contribution in [1.29, 1.82) is 0 Å². The molecular formula is C13H11BrCl2N2O2S. The van der Waals surface area contributed by atoms with Gasteiger partial charge in [-0.25, -0.2) is 18.1 Å². The summed E-state index contributed by atoms with van der Waals surface area (Å²) >= 11 is 14.8. The van der Waals surface area contributed by atoms with Crippen LogP contribution in [0.25, 0.3) is 0 Å². The van der Waals surface area contributed by atoms with Gasteiger partial charge in [-0.3, -0.25) is 0 Å². The van der Waals surface area contributed by atoms with Gasteiger partial charge in [-0.15, -0.1) is 0 Å². The fourth-order valence-corrected chi connectivity index (χ4v) is 3.47. The zero-order valence-corrected chi connectivity index (χ0v) is 14.8. The van der Waals surface area contributed by atoms with Gasteiger partial charge in [-0.1, -0.05) is 51.3 Å². The minimum absolute atomic E-state index is 0.0270. The Balaban J connectivity index is 2.24. The maximum atomic E-state index is 12.3. The molecule has 1 N–H and O–H groups in total. The molecule has 2 rings (SSSR count). The van der Waals surface area contributed by atoms with Gasteiger partial charge in [0.05, 0.1) is 5.02 Å². The van der Waals surface area contributed by atoms with Crippen molar-refractivity contribution in [2.45, 2.75) is 17.9 Å². The Bertz CT molecular complexity index is 751. The van der Waals surface area contributed by atoms with Crippen molar-refractivity contribution >= 4 is 49.2 Å². The average molecular weight is 410 g/mol. The smallest absolute Gasteiger partial charge is 0.242 e. The number of pyridine rings is 1. The van der Waals surface area contributed by atoms with Crippen LogP contribution in [0.2, 0.25) is 10.2 Å². The number of hydrogen-bond donors (Lipinski definition) is 1. The summed E-state index contributed by atoms with van der Waals surface area (Å²) in [6, 6.07) is 8.25. The molecule has 0 aliphatic carbocycles. The molecule has 0 amide bonds. The number of halogens is 3. The molecule has 0 unspecified atom stereocenters. The van der Waals surface area contributed by atoms with E-state index < -0.39 is 16.1 Å². The lowest BCUT2D eigenvalue weighted by atomic mass is 10.1. The molecule has 0 saturated heterocycles. The first-order valence-corrected chi connectivity index (χ1v) is 8.91. The highest BCUT2D eigenvalue weighted by molar-refractivity contribution is 9.10. The second-order valence-corrected chi connectivity index (χ2v) is 7.73. The van der Waals surface area contributed by atoms with E-state index in [0.29, 0.717) is 0 Å². The molecule has 8 heteroatoms. The Labute approximate surface area is 141 Å². The van der Waals surface area contributed by atoms with E-state index in [9.17, 15) is 8.42 Å². The first kappa shape index (κ1) is 16.7. The summed E-state index contributed by atoms with van der Waals surface area (Å²) < 4.78 is 28.1. The Morgan fingerprint density at radius 1 is 1.24 bits per heavy atom. The van der Waals surface area contributed by atoms with Gasteiger partial charge in [-0.05, 0) is 30.7 Å². The van der Waals surface area contributed by atoms with Crippen molar-refractivity contribution in [2.24, 2.45) is 0 Å². The van der Waals surface area contributed by atoms with E-state index in [2.05, 4.69) is 25.6 Å². The Morgan fingerprint density at radius 3 is 2.43 bits per heavy atom. The summed E-state index contributed by atoms with van der Waals surface area (Å²) in [6.07, 6.45) is 1.17. The third-order valence-corrected chi connectivity index (χ3v) is 5.51. The molecule has 0 fully saturated rings. The number of aromatic nitrogens is 1. The number of nitrogens with zero attached hydrogens (tertiary/aromatic N) is 1. The zero-order chi connectivity index (χ0) is 15.6. The fraction of sp³-hybridized carbons (Fsp3) is 0.154. The molecule has 0 aliphatic heterocycles. The average Bonchev–Trinajstić information content (AvgIpc) is 2.42. The van der Waals surface area contributed by atoms with Gasteiger partial charge in [0, 0.05) is 16.7 Å². The Kier molecular flexibility index (Phi) is 5.27. The molecule has 1 aromatic heterocycles. The van der Waals surface area contributed by atoms with E-state index in [-0.39, 0.29) is 15.1 Å². The topological polar surface area (TPSA) is 59.1 Å². The van der Waals surface area contributed by atoms with Crippen LogP contribution in [-0.2, 0) is 10.0 Å². The highest BCUT2D eigenvalue weighted by atomic mass is 79.9. The second kappa shape index (κ2) is 6.62. The molecule has 0 radical (unpaired) electrons. The third-order valence-electron chi connectivity index (χ3n) is 2.78. The zero-order valence-electron chi connectivity index (χ0n) is 10.8. The second-order valence-electron chi connectivity index (χ2n) is 4.34. The lowest BCUT2D eigenvalue weighted by Crippen LogP contribution is -2.27. The summed E-state index contributed by atoms with van der Waals surface area (Å²) in [5, 5.41) is 0.160. The molecule has 1 aromatic carbocycles. The highest BCUT2D eigenvalue weighted by Gasteiger charge is 2.20. The summed E-state index contributed by atoms with van der Waals surface area (Å²) in [5.41, 5.74) is 0.842. The molecule has 2 aromatic rings. The van der Waals surface area contributed by atoms with Crippen LogP contribution in [0.4, 0.5) is 0 Å². The summed E-state index contributed by atoms with van der Waals surface area (Å²) in [4.78, 5) is 3.72. The fourth-order valence-electron chi connectivity index (χ4n) is 1.67. The maximum absolute atomic E-state index is 12.3. The van der Waals surface area contributed by atoms with Gasteiger partial charge in [-0.2, -0.15) is 0 Å². The normalized spacial score (nSPS) is 13.1. The van der Waals surface area contributed by atoms with Gasteiger partial charge in [0.15, 0.2) is 0 Å². The lowest BCUT2D eigenvalue weighted by molar-refractivity contribution is 0.566. The minimum Gasteiger partial charge on any atom is -0.242 e. The van der Waals surface area contributed by atoms with Gasteiger partial charge in [0.25, 0.3) is 0 Å². The number of benzene rings is 1. The third kappa shape index (κ3) is 4.17. The maximum Gasteiger partial charge on any atom is 0.242 e. The van der Waals surface area contributed by atoms with Crippen molar-refractivity contribution in [2.75, 3.05) is 0 Å². The van der Waals surface area contributed by atoms with Crippen LogP contribution in [0.3, 0.4) is 0 Å². The molecule has 0 spiro atoms. The molecule has 4 nitrogen and oxygen atoms in total. The quantitative estimate of drug-likeness (QED) is 0.770. The molecule has 0 saturated carbocycles. The Morgan fingerprint density at radius 2 is 1.86 bits per heavy atom. The van der Waals surface area contributed by atoms with Crippen molar-refractivity contribution in [3.05, 3.63) is 56.7 Å². The predicted molar refractivity (Wildman–Crippen MR) is 87.1 cm³/mol. The van der Waals surface area contributed by atoms with E-state index in [1.165, 1.54) is 12.3 Å². The molecule has 0 aliphatic rings. The molecule has 1 heterocycles. The van der Waals surface area contributed by atoms with Crippen LogP contribution in [0.15, 0.2) is 45.9 Å². The van der Waals surface area contributed by atoms with Crippen LogP contribution < -0.4 is 4.72 Å². The molecule has 112 valence electrons. The van der Waals surface area contributed by atoms with E-state index in [4.69, 9.17) is 23.2 Å². The molecule has 21 heavy (non-hydrogen) atoms. The first-order valence-electron chi connectivity index (χ1n) is 5.88. The number of hydrogen-bond acceptors (Lipinski definition) is 3. The molecule has 0 bridgehead atoms. The van der Waals surface area contributed by atoms with Crippen LogP contribution in [0.5, 0.6) is 0 Å². The summed E-state index contributed by atoms with van der Waals surface area (Å²) in [7, 11) is -3.72. The van der Waals surface area contributed by atoms with Crippen molar-refractivity contribution in [3.8, 4) is 0 Å². The first-order chi connectivity index (χ1) is 9.79. The summed E-state index contributed by atoms with van der Waals surface area (Å²) in [5.74, 6) is 0. The SMILES string of the molecule is C[C@H](NS(=O)(=O)c1cnc(Cl)c(Cl)c1)c1ccc(Br)cc1. The highest BCUT2D eigenvalue weighted by Crippen LogP contribution is 2.24. The van der Waals surface area contributed by atoms with Crippen LogP contribution >= 0.6 is 39.1 Å². The van der Waals surface area contributed by atoms with Gasteiger partial charge >= 0.3 is 0 Å². The van der Waals surface area contributed by atoms with Crippen LogP contribution in [0, 0.1) is 0 Å². The van der Waals surface area contributed by atoms with Gasteiger partial charge in [0.1, 0.15) is 10.0 Å². The number of sulfonamides is 1. The number of rotatable bonds is 4. The van der Waals surface area contributed by atoms with E-state index in [1.807, 2.05) is 24.3 Å². The largest absolute Gasteiger partial charge is 0.242 e. The minimum atomic E-state index is -3.72. The standard InChI is InChI=1S/C13H11BrCl2N2O2S/c1-8(9-2-4-10(14)5-3-9)18-21(19,20)11-6-12(15)13(16)17-7-11/h2-8,18H,1H3/t8-/m0/s1. The molecular weight excluding hydrogens is 399 g/mol. The van der Waals surface area contributed by atoms with Crippen LogP contribution in [-0.4, -0.2) is 13.4 Å². The summed E-state index contributed by atoms with van der Waals surface area (Å²) in [6.45, 7) is 1.76. The van der Waals surface area contributed by atoms with E-state index in [0.717, 1.165) is 10.0 Å². The van der Waals surface area contributed by atoms with Crippen molar-refractivity contribution < 1.29 is 8.42 Å². The number of nitrogens with one attached hydrogen (secondary N) is 1. The van der Waals surface area contributed by atoms with Crippen molar-refractivity contribution in [1.82, 2.24) is 9.71 Å². The van der Waals surface area contributed by atoms with E-state index in [1.54, 1.807) is 6.92 Å². The van der Waals surface area contributed by atoms with E-state index >= 15 is 0 Å². The lowest BCUT2D eigenvalue weighted by Gasteiger charge is -2.15. The monoisotopic (exact) mass is 408 g/mol. The van der Waals surface area contributed by atoms with Crippen LogP contribution in [0.1, 0.15) is 18.5 Å². The van der Waals surface area contributed by atoms with Gasteiger partial charge in [0.2, 0.25) is 10.0 Å². The Hall–Kier alpha value is -0.660. The van der Waals surface area contributed by atoms with Gasteiger partial charge < -0.3 is 0 Å². The van der Waals surface area contributed by atoms with Crippen molar-refractivity contribution in [3.63, 3.8) is 0 Å². The molecule has 1 atom stereocenters. The predicted octanol–water partition coefficient (Wildman–Crippen LogP) is 4.19.